The first-order valence-corrected chi connectivity index (χ1v) is 25.6. The summed E-state index contributed by atoms with van der Waals surface area (Å²) >= 11 is 0. The zero-order valence-corrected chi connectivity index (χ0v) is 38.3. The van der Waals surface area contributed by atoms with Crippen LogP contribution in [0.15, 0.2) is 115 Å². The average molecular weight is 825 g/mol. The summed E-state index contributed by atoms with van der Waals surface area (Å²) in [5, 5.41) is 2.35. The lowest BCUT2D eigenvalue weighted by atomic mass is 9.42. The van der Waals surface area contributed by atoms with E-state index in [0.717, 1.165) is 24.8 Å². The van der Waals surface area contributed by atoms with Crippen LogP contribution in [0.4, 0.5) is 4.39 Å². The minimum atomic E-state index is -2.34. The van der Waals surface area contributed by atoms with Gasteiger partial charge in [0.1, 0.15) is 5.82 Å². The molecule has 4 aromatic rings. The van der Waals surface area contributed by atoms with E-state index in [1.807, 2.05) is 42.5 Å². The van der Waals surface area contributed by atoms with Gasteiger partial charge in [-0.25, -0.2) is 9.18 Å². The second-order valence-electron chi connectivity index (χ2n) is 18.7. The van der Waals surface area contributed by atoms with Gasteiger partial charge < -0.3 is 23.1 Å². The lowest BCUT2D eigenvalue weighted by Gasteiger charge is -2.63. The van der Waals surface area contributed by atoms with Crippen LogP contribution in [0.2, 0.25) is 13.1 Å². The van der Waals surface area contributed by atoms with Crippen LogP contribution in [0.5, 0.6) is 0 Å². The molecule has 0 spiro atoms. The molecule has 0 bridgehead atoms. The standard InChI is InChI=1S/C49H65FO6Si2/c1-45(2,3)48(38-27-29-39(50)30-28-38)34-42(56-43-26-18-19-32-52-43)49(46(4,5)6,36-54-57(7)8)47(48,31-33-53-44(51)37-20-12-9-13-21-37)35-55-58(40-22-14-10-15-23-40)41-24-16-11-17-25-41/h9-17,20-25,27-30,42-43,57-58H,18-19,26,31-36H2,1-8H3/t42-,43?,47-,48-,49+/m0/s1. The molecule has 1 saturated carbocycles. The van der Waals surface area contributed by atoms with Crippen LogP contribution in [0.1, 0.15) is 89.6 Å². The highest BCUT2D eigenvalue weighted by Gasteiger charge is 2.78. The van der Waals surface area contributed by atoms with E-state index >= 15 is 4.39 Å². The fourth-order valence-corrected chi connectivity index (χ4v) is 13.6. The van der Waals surface area contributed by atoms with Crippen molar-refractivity contribution in [1.82, 2.24) is 0 Å². The molecular formula is C49H65FO6Si2. The second-order valence-corrected chi connectivity index (χ2v) is 23.6. The minimum absolute atomic E-state index is 0.141. The van der Waals surface area contributed by atoms with Crippen LogP contribution in [0.25, 0.3) is 0 Å². The minimum Gasteiger partial charge on any atom is -0.462 e. The maximum Gasteiger partial charge on any atom is 0.338 e. The van der Waals surface area contributed by atoms with Crippen molar-refractivity contribution < 1.29 is 32.2 Å². The quantitative estimate of drug-likeness (QED) is 0.0881. The summed E-state index contributed by atoms with van der Waals surface area (Å²) in [6.07, 6.45) is 3.19. The molecule has 312 valence electrons. The number of hydrogen-bond acceptors (Lipinski definition) is 6. The van der Waals surface area contributed by atoms with Crippen molar-refractivity contribution in [3.8, 4) is 0 Å². The number of benzene rings is 4. The molecule has 1 aliphatic heterocycles. The van der Waals surface area contributed by atoms with E-state index in [0.29, 0.717) is 38.2 Å². The van der Waals surface area contributed by atoms with Crippen molar-refractivity contribution in [2.75, 3.05) is 26.4 Å². The van der Waals surface area contributed by atoms with Gasteiger partial charge in [-0.15, -0.1) is 0 Å². The molecule has 0 radical (unpaired) electrons. The summed E-state index contributed by atoms with van der Waals surface area (Å²) < 4.78 is 50.0. The second kappa shape index (κ2) is 18.4. The first-order valence-electron chi connectivity index (χ1n) is 21.2. The van der Waals surface area contributed by atoms with Crippen LogP contribution in [0, 0.1) is 27.5 Å². The maximum absolute atomic E-state index is 15.1. The first-order chi connectivity index (χ1) is 27.6. The predicted octanol–water partition coefficient (Wildman–Crippen LogP) is 9.25. The number of rotatable bonds is 15. The van der Waals surface area contributed by atoms with E-state index in [1.54, 1.807) is 24.3 Å². The van der Waals surface area contributed by atoms with Gasteiger partial charge in [0.25, 0.3) is 0 Å². The largest absolute Gasteiger partial charge is 0.462 e. The Morgan fingerprint density at radius 1 is 0.759 bits per heavy atom. The van der Waals surface area contributed by atoms with Crippen molar-refractivity contribution in [3.63, 3.8) is 0 Å². The number of ether oxygens (including phenoxy) is 3. The lowest BCUT2D eigenvalue weighted by molar-refractivity contribution is -0.246. The topological polar surface area (TPSA) is 63.2 Å². The zero-order chi connectivity index (χ0) is 41.6. The molecule has 4 aromatic carbocycles. The summed E-state index contributed by atoms with van der Waals surface area (Å²) in [6, 6.07) is 37.5. The number of halogens is 1. The van der Waals surface area contributed by atoms with Gasteiger partial charge in [0.05, 0.1) is 18.3 Å². The predicted molar refractivity (Wildman–Crippen MR) is 236 cm³/mol. The van der Waals surface area contributed by atoms with Gasteiger partial charge >= 0.3 is 5.97 Å². The Balaban J connectivity index is 1.64. The molecule has 6 rings (SSSR count). The summed E-state index contributed by atoms with van der Waals surface area (Å²) in [4.78, 5) is 13.8. The van der Waals surface area contributed by atoms with Gasteiger partial charge in [0, 0.05) is 36.1 Å². The van der Waals surface area contributed by atoms with Gasteiger partial charge in [-0.1, -0.05) is 133 Å². The van der Waals surface area contributed by atoms with E-state index in [9.17, 15) is 4.79 Å². The summed E-state index contributed by atoms with van der Waals surface area (Å²) in [5.41, 5.74) is -1.57. The Kier molecular flexibility index (Phi) is 14.0. The average Bonchev–Trinajstić information content (AvgIpc) is 3.46. The van der Waals surface area contributed by atoms with Crippen molar-refractivity contribution >= 4 is 34.4 Å². The van der Waals surface area contributed by atoms with E-state index in [1.165, 1.54) is 10.4 Å². The molecule has 1 saturated heterocycles. The van der Waals surface area contributed by atoms with E-state index in [-0.39, 0.29) is 30.8 Å². The van der Waals surface area contributed by atoms with Crippen LogP contribution in [0.3, 0.4) is 0 Å². The highest BCUT2D eigenvalue weighted by atomic mass is 28.3. The number of carbonyl (C=O) groups is 1. The van der Waals surface area contributed by atoms with Crippen molar-refractivity contribution in [3.05, 3.63) is 132 Å². The molecule has 5 atom stereocenters. The SMILES string of the molecule is C[SiH](C)OC[C@]1(C(C)(C)C)[C@@H](OC2CCCCO2)C[C@](c2ccc(F)cc2)(C(C)(C)C)[C@]1(CCOC(=O)c1ccccc1)CO[SiH](c1ccccc1)c1ccccc1. The summed E-state index contributed by atoms with van der Waals surface area (Å²) in [6.45, 7) is 19.8. The number of esters is 1. The molecule has 9 heteroatoms. The maximum atomic E-state index is 15.1. The number of carbonyl (C=O) groups excluding carboxylic acids is 1. The molecule has 6 nitrogen and oxygen atoms in total. The monoisotopic (exact) mass is 824 g/mol. The molecule has 0 N–H and O–H groups in total. The first kappa shape index (κ1) is 44.1. The van der Waals surface area contributed by atoms with Crippen LogP contribution >= 0.6 is 0 Å². The Bertz CT molecular complexity index is 1850. The Hall–Kier alpha value is -3.45. The van der Waals surface area contributed by atoms with Gasteiger partial charge in [0.15, 0.2) is 15.3 Å². The van der Waals surface area contributed by atoms with Crippen molar-refractivity contribution in [1.29, 1.82) is 0 Å². The summed E-state index contributed by atoms with van der Waals surface area (Å²) in [5.74, 6) is -0.654. The normalized spacial score (nSPS) is 25.3. The van der Waals surface area contributed by atoms with Crippen molar-refractivity contribution in [2.45, 2.75) is 105 Å². The van der Waals surface area contributed by atoms with Gasteiger partial charge in [-0.3, -0.25) is 0 Å². The van der Waals surface area contributed by atoms with Crippen molar-refractivity contribution in [2.24, 2.45) is 21.7 Å². The lowest BCUT2D eigenvalue weighted by Crippen LogP contribution is -2.66. The summed E-state index contributed by atoms with van der Waals surface area (Å²) in [7, 11) is -3.96. The fraction of sp³-hybridized carbons (Fsp3) is 0.490. The molecule has 1 unspecified atom stereocenters. The van der Waals surface area contributed by atoms with E-state index in [2.05, 4.69) is 103 Å². The van der Waals surface area contributed by atoms with Gasteiger partial charge in [-0.05, 0) is 96.2 Å². The van der Waals surface area contributed by atoms with Crippen LogP contribution in [-0.4, -0.2) is 62.9 Å². The fourth-order valence-electron chi connectivity index (χ4n) is 10.6. The third-order valence-electron chi connectivity index (χ3n) is 13.2. The highest BCUT2D eigenvalue weighted by Crippen LogP contribution is 2.75. The Morgan fingerprint density at radius 2 is 1.34 bits per heavy atom. The molecule has 0 aromatic heterocycles. The van der Waals surface area contributed by atoms with E-state index < -0.39 is 45.2 Å². The molecule has 0 amide bonds. The van der Waals surface area contributed by atoms with Crippen LogP contribution in [-0.2, 0) is 28.5 Å². The smallest absolute Gasteiger partial charge is 0.338 e. The highest BCUT2D eigenvalue weighted by molar-refractivity contribution is 6.80. The third-order valence-corrected chi connectivity index (χ3v) is 16.6. The Morgan fingerprint density at radius 3 is 1.86 bits per heavy atom. The molecule has 2 fully saturated rings. The molecule has 58 heavy (non-hydrogen) atoms. The van der Waals surface area contributed by atoms with Crippen LogP contribution < -0.4 is 10.4 Å². The third kappa shape index (κ3) is 8.72. The molecule has 2 aliphatic rings. The zero-order valence-electron chi connectivity index (χ0n) is 36.0. The van der Waals surface area contributed by atoms with Gasteiger partial charge in [0.2, 0.25) is 9.04 Å². The number of hydrogen-bond donors (Lipinski definition) is 0. The van der Waals surface area contributed by atoms with E-state index in [4.69, 9.17) is 23.1 Å². The Labute approximate surface area is 350 Å². The molecule has 1 aliphatic carbocycles. The molecule has 1 heterocycles. The molecular weight excluding hydrogens is 760 g/mol. The van der Waals surface area contributed by atoms with Gasteiger partial charge in [-0.2, -0.15) is 0 Å².